The van der Waals surface area contributed by atoms with Crippen LogP contribution >= 0.6 is 0 Å². The summed E-state index contributed by atoms with van der Waals surface area (Å²) in [5.41, 5.74) is 0.787. The van der Waals surface area contributed by atoms with Gasteiger partial charge in [0.05, 0.1) is 5.39 Å². The fourth-order valence-electron chi connectivity index (χ4n) is 1.14. The molecule has 0 saturated heterocycles. The predicted octanol–water partition coefficient (Wildman–Crippen LogP) is -1.64. The van der Waals surface area contributed by atoms with Gasteiger partial charge in [-0.15, -0.1) is 0 Å². The average molecular weight is 226 g/mol. The average Bonchev–Trinajstić information content (AvgIpc) is 2.06. The van der Waals surface area contributed by atoms with Crippen LogP contribution in [0.15, 0.2) is 36.5 Å². The normalized spacial score (nSPS) is 9.33. The van der Waals surface area contributed by atoms with Crippen molar-refractivity contribution < 1.29 is 27.1 Å². The molecule has 0 aliphatic carbocycles. The first kappa shape index (κ1) is 9.00. The number of phenolic OH excluding ortho intramolecular Hbond substituents is 1. The second-order valence-corrected chi connectivity index (χ2v) is 2.41. The molecule has 12 heavy (non-hydrogen) atoms. The summed E-state index contributed by atoms with van der Waals surface area (Å²) in [4.78, 5) is 2.97. The third-order valence-corrected chi connectivity index (χ3v) is 1.67. The number of aromatic hydroxyl groups is 1. The molecule has 2 rings (SSSR count). The summed E-state index contributed by atoms with van der Waals surface area (Å²) < 4.78 is 0. The molecule has 2 nitrogen and oxygen atoms in total. The third kappa shape index (κ3) is 1.41. The molecule has 0 radical (unpaired) electrons. The van der Waals surface area contributed by atoms with Crippen LogP contribution in [0.25, 0.3) is 10.9 Å². The zero-order valence-corrected chi connectivity index (χ0v) is 7.88. The molecule has 0 saturated carbocycles. The molecule has 0 aliphatic heterocycles. The third-order valence-electron chi connectivity index (χ3n) is 1.67. The zero-order valence-electron chi connectivity index (χ0n) is 6.29. The molecular formula is C9H8BrNO. The Kier molecular flexibility index (Phi) is 2.65. The Labute approximate surface area is 80.6 Å². The molecule has 0 atom stereocenters. The highest BCUT2D eigenvalue weighted by Crippen LogP contribution is 2.18. The number of aromatic nitrogens is 1. The molecule has 0 fully saturated rings. The van der Waals surface area contributed by atoms with E-state index in [0.29, 0.717) is 5.75 Å². The van der Waals surface area contributed by atoms with Gasteiger partial charge >= 0.3 is 0 Å². The summed E-state index contributed by atoms with van der Waals surface area (Å²) in [5, 5.41) is 10.4. The summed E-state index contributed by atoms with van der Waals surface area (Å²) in [6.07, 6.45) is 1.79. The van der Waals surface area contributed by atoms with E-state index in [2.05, 4.69) is 4.98 Å². The monoisotopic (exact) mass is 225 g/mol. The minimum atomic E-state index is 0. The quantitative estimate of drug-likeness (QED) is 0.574. The maximum absolute atomic E-state index is 9.34. The minimum Gasteiger partial charge on any atom is -1.00 e. The topological polar surface area (TPSA) is 34.4 Å². The number of nitrogens with one attached hydrogen (secondary N) is 1. The van der Waals surface area contributed by atoms with Crippen molar-refractivity contribution in [1.82, 2.24) is 0 Å². The van der Waals surface area contributed by atoms with Crippen molar-refractivity contribution in [2.75, 3.05) is 0 Å². The lowest BCUT2D eigenvalue weighted by Crippen LogP contribution is -3.00. The van der Waals surface area contributed by atoms with Crippen LogP contribution in [0.5, 0.6) is 5.75 Å². The number of para-hydroxylation sites is 1. The molecule has 0 unspecified atom stereocenters. The van der Waals surface area contributed by atoms with Gasteiger partial charge in [0.1, 0.15) is 0 Å². The van der Waals surface area contributed by atoms with Gasteiger partial charge < -0.3 is 22.1 Å². The minimum absolute atomic E-state index is 0. The molecular weight excluding hydrogens is 218 g/mol. The number of aromatic amines is 1. The Balaban J connectivity index is 0.000000720. The summed E-state index contributed by atoms with van der Waals surface area (Å²) >= 11 is 0. The van der Waals surface area contributed by atoms with E-state index in [0.717, 1.165) is 10.9 Å². The first-order chi connectivity index (χ1) is 5.38. The number of halogens is 1. The van der Waals surface area contributed by atoms with Gasteiger partial charge in [-0.1, -0.05) is 6.07 Å². The number of H-pyrrole nitrogens is 1. The highest BCUT2D eigenvalue weighted by Gasteiger charge is 2.02. The number of rotatable bonds is 0. The van der Waals surface area contributed by atoms with Gasteiger partial charge in [0.2, 0.25) is 0 Å². The van der Waals surface area contributed by atoms with Crippen molar-refractivity contribution in [2.24, 2.45) is 0 Å². The summed E-state index contributed by atoms with van der Waals surface area (Å²) in [6.45, 7) is 0. The Morgan fingerprint density at radius 2 is 1.83 bits per heavy atom. The van der Waals surface area contributed by atoms with Crippen molar-refractivity contribution in [3.8, 4) is 5.75 Å². The van der Waals surface area contributed by atoms with Gasteiger partial charge in [0.25, 0.3) is 5.52 Å². The van der Waals surface area contributed by atoms with Crippen molar-refractivity contribution in [2.45, 2.75) is 0 Å². The van der Waals surface area contributed by atoms with Gasteiger partial charge in [-0.05, 0) is 18.2 Å². The fraction of sp³-hybridized carbons (Fsp3) is 0. The highest BCUT2D eigenvalue weighted by atomic mass is 79.9. The molecule has 0 bridgehead atoms. The van der Waals surface area contributed by atoms with Crippen LogP contribution in [0, 0.1) is 0 Å². The smallest absolute Gasteiger partial charge is 0.252 e. The standard InChI is InChI=1S/C9H7NO.BrH/c11-8-5-1-3-7-4-2-6-10-9(7)8;/h1-6,11H;1H. The van der Waals surface area contributed by atoms with Gasteiger partial charge in [-0.25, -0.2) is 4.98 Å². The van der Waals surface area contributed by atoms with Crippen LogP contribution in [0.2, 0.25) is 0 Å². The van der Waals surface area contributed by atoms with E-state index in [1.165, 1.54) is 0 Å². The van der Waals surface area contributed by atoms with Crippen LogP contribution in [0.1, 0.15) is 0 Å². The molecule has 0 amide bonds. The Morgan fingerprint density at radius 3 is 2.58 bits per heavy atom. The summed E-state index contributed by atoms with van der Waals surface area (Å²) in [7, 11) is 0. The number of fused-ring (bicyclic) bond motifs is 1. The molecule has 3 heteroatoms. The summed E-state index contributed by atoms with van der Waals surface area (Å²) in [5.74, 6) is 0.295. The van der Waals surface area contributed by atoms with Gasteiger partial charge in [0.15, 0.2) is 11.9 Å². The largest absolute Gasteiger partial charge is 1.00 e. The molecule has 2 N–H and O–H groups in total. The second-order valence-electron chi connectivity index (χ2n) is 2.41. The molecule has 2 aromatic rings. The van der Waals surface area contributed by atoms with E-state index in [4.69, 9.17) is 0 Å². The van der Waals surface area contributed by atoms with Crippen molar-refractivity contribution >= 4 is 10.9 Å². The maximum atomic E-state index is 9.34. The van der Waals surface area contributed by atoms with Gasteiger partial charge in [-0.3, -0.25) is 0 Å². The lowest BCUT2D eigenvalue weighted by Gasteiger charge is -1.91. The fourth-order valence-corrected chi connectivity index (χ4v) is 1.14. The molecule has 62 valence electrons. The van der Waals surface area contributed by atoms with E-state index in [1.807, 2.05) is 24.3 Å². The van der Waals surface area contributed by atoms with Gasteiger partial charge in [-0.2, -0.15) is 0 Å². The van der Waals surface area contributed by atoms with E-state index < -0.39 is 0 Å². The first-order valence-corrected chi connectivity index (χ1v) is 3.46. The summed E-state index contributed by atoms with van der Waals surface area (Å²) in [6, 6.07) is 9.29. The first-order valence-electron chi connectivity index (χ1n) is 3.46. The van der Waals surface area contributed by atoms with E-state index >= 15 is 0 Å². The number of hydrogen-bond acceptors (Lipinski definition) is 1. The highest BCUT2D eigenvalue weighted by molar-refractivity contribution is 5.80. The molecule has 1 heterocycles. The maximum Gasteiger partial charge on any atom is 0.252 e. The van der Waals surface area contributed by atoms with Crippen molar-refractivity contribution in [3.63, 3.8) is 0 Å². The van der Waals surface area contributed by atoms with Gasteiger partial charge in [0, 0.05) is 6.07 Å². The molecule has 1 aromatic heterocycles. The van der Waals surface area contributed by atoms with Crippen molar-refractivity contribution in [1.29, 1.82) is 0 Å². The predicted molar refractivity (Wildman–Crippen MR) is 42.2 cm³/mol. The number of phenols is 1. The Bertz CT molecular complexity index is 384. The number of hydrogen-bond donors (Lipinski definition) is 1. The van der Waals surface area contributed by atoms with Crippen LogP contribution < -0.4 is 22.0 Å². The Morgan fingerprint density at radius 1 is 1.08 bits per heavy atom. The van der Waals surface area contributed by atoms with Crippen molar-refractivity contribution in [3.05, 3.63) is 36.5 Å². The lowest BCUT2D eigenvalue weighted by molar-refractivity contribution is -0.345. The zero-order chi connectivity index (χ0) is 7.68. The molecule has 0 spiro atoms. The van der Waals surface area contributed by atoms with E-state index in [-0.39, 0.29) is 17.0 Å². The van der Waals surface area contributed by atoms with Crippen LogP contribution in [-0.2, 0) is 0 Å². The van der Waals surface area contributed by atoms with Crippen LogP contribution in [0.4, 0.5) is 0 Å². The molecule has 1 aromatic carbocycles. The Hall–Kier alpha value is -1.09. The van der Waals surface area contributed by atoms with Crippen LogP contribution in [-0.4, -0.2) is 5.11 Å². The van der Waals surface area contributed by atoms with E-state index in [1.54, 1.807) is 12.3 Å². The number of pyridine rings is 1. The lowest BCUT2D eigenvalue weighted by atomic mass is 10.2. The molecule has 0 aliphatic rings. The van der Waals surface area contributed by atoms with Crippen LogP contribution in [0.3, 0.4) is 0 Å². The number of benzene rings is 1. The second kappa shape index (κ2) is 3.54. The van der Waals surface area contributed by atoms with E-state index in [9.17, 15) is 5.11 Å². The SMILES string of the molecule is Oc1cccc2ccc[nH+]c12.[Br-].